The van der Waals surface area contributed by atoms with Crippen LogP contribution in [0.3, 0.4) is 0 Å². The molecule has 0 fully saturated rings. The van der Waals surface area contributed by atoms with Crippen LogP contribution in [0.1, 0.15) is 26.7 Å². The van der Waals surface area contributed by atoms with Gasteiger partial charge in [-0.2, -0.15) is 0 Å². The quantitative estimate of drug-likeness (QED) is 0.585. The Bertz CT molecular complexity index is 73.5. The van der Waals surface area contributed by atoms with Crippen LogP contribution in [0, 0.1) is 0 Å². The van der Waals surface area contributed by atoms with E-state index in [9.17, 15) is 0 Å². The lowest BCUT2D eigenvalue weighted by Crippen LogP contribution is -2.54. The van der Waals surface area contributed by atoms with E-state index in [2.05, 4.69) is 13.8 Å². The van der Waals surface area contributed by atoms with Crippen LogP contribution >= 0.6 is 0 Å². The molecule has 0 bridgehead atoms. The Kier molecular flexibility index (Phi) is 4.09. The van der Waals surface area contributed by atoms with E-state index in [1.165, 1.54) is 12.8 Å². The van der Waals surface area contributed by atoms with Crippen molar-refractivity contribution >= 4 is 8.40 Å². The Morgan fingerprint density at radius 1 is 1.22 bits per heavy atom. The standard InChI is InChI=1S/C6H18N2Si/c1-3-5-6-9(7,8)4-2/h3-8H2,1-2H3. The van der Waals surface area contributed by atoms with Crippen LogP contribution in [-0.4, -0.2) is 8.40 Å². The summed E-state index contributed by atoms with van der Waals surface area (Å²) in [5.74, 6) is 0. The van der Waals surface area contributed by atoms with Crippen molar-refractivity contribution in [2.75, 3.05) is 0 Å². The molecule has 56 valence electrons. The zero-order valence-corrected chi connectivity index (χ0v) is 7.48. The molecule has 0 atom stereocenters. The van der Waals surface area contributed by atoms with Gasteiger partial charge in [0.25, 0.3) is 0 Å². The fourth-order valence-corrected chi connectivity index (χ4v) is 2.05. The second kappa shape index (κ2) is 4.03. The van der Waals surface area contributed by atoms with Gasteiger partial charge in [-0.05, 0) is 12.1 Å². The average molecular weight is 146 g/mol. The van der Waals surface area contributed by atoms with E-state index >= 15 is 0 Å². The van der Waals surface area contributed by atoms with Crippen LogP contribution in [0.5, 0.6) is 0 Å². The molecule has 0 aliphatic carbocycles. The Morgan fingerprint density at radius 3 is 2.11 bits per heavy atom. The van der Waals surface area contributed by atoms with E-state index in [0.29, 0.717) is 0 Å². The van der Waals surface area contributed by atoms with Gasteiger partial charge in [0.05, 0.1) is 0 Å². The zero-order valence-electron chi connectivity index (χ0n) is 6.48. The van der Waals surface area contributed by atoms with Gasteiger partial charge in [0.1, 0.15) is 0 Å². The van der Waals surface area contributed by atoms with Crippen LogP contribution in [0.25, 0.3) is 0 Å². The first-order valence-corrected chi connectivity index (χ1v) is 6.27. The monoisotopic (exact) mass is 146 g/mol. The molecule has 0 rings (SSSR count). The number of unbranched alkanes of at least 4 members (excludes halogenated alkanes) is 1. The molecule has 0 aromatic heterocycles. The summed E-state index contributed by atoms with van der Waals surface area (Å²) < 4.78 is 0. The van der Waals surface area contributed by atoms with Gasteiger partial charge in [0, 0.05) is 0 Å². The minimum Gasteiger partial charge on any atom is -0.339 e. The number of hydrogen-bond acceptors (Lipinski definition) is 2. The normalized spacial score (nSPS) is 12.0. The fraction of sp³-hybridized carbons (Fsp3) is 1.00. The molecule has 0 aromatic carbocycles. The SMILES string of the molecule is CCCC[Si](N)(N)CC. The smallest absolute Gasteiger partial charge is 0.195 e. The molecule has 0 spiro atoms. The molecule has 2 nitrogen and oxygen atoms in total. The van der Waals surface area contributed by atoms with Crippen molar-refractivity contribution in [3.05, 3.63) is 0 Å². The van der Waals surface area contributed by atoms with Crippen LogP contribution in [-0.2, 0) is 0 Å². The lowest BCUT2D eigenvalue weighted by atomic mass is 10.4. The molecular weight excluding hydrogens is 128 g/mol. The summed E-state index contributed by atoms with van der Waals surface area (Å²) in [6.07, 6.45) is 2.41. The van der Waals surface area contributed by atoms with E-state index in [-0.39, 0.29) is 0 Å². The summed E-state index contributed by atoms with van der Waals surface area (Å²) in [5.41, 5.74) is 0. The highest BCUT2D eigenvalue weighted by Gasteiger charge is 2.18. The first-order valence-electron chi connectivity index (χ1n) is 3.70. The van der Waals surface area contributed by atoms with E-state index in [1.807, 2.05) is 0 Å². The second-order valence-corrected chi connectivity index (χ2v) is 6.36. The van der Waals surface area contributed by atoms with Gasteiger partial charge in [-0.15, -0.1) is 0 Å². The van der Waals surface area contributed by atoms with Crippen molar-refractivity contribution in [3.8, 4) is 0 Å². The maximum atomic E-state index is 5.82. The third kappa shape index (κ3) is 4.63. The Labute approximate surface area is 58.8 Å². The van der Waals surface area contributed by atoms with Crippen molar-refractivity contribution in [3.63, 3.8) is 0 Å². The van der Waals surface area contributed by atoms with Crippen molar-refractivity contribution in [1.82, 2.24) is 0 Å². The third-order valence-corrected chi connectivity index (χ3v) is 4.25. The first kappa shape index (κ1) is 9.14. The average Bonchev–Trinajstić information content (AvgIpc) is 1.84. The minimum absolute atomic E-state index is 1.01. The zero-order chi connectivity index (χ0) is 7.33. The molecule has 0 aliphatic heterocycles. The summed E-state index contributed by atoms with van der Waals surface area (Å²) in [6, 6.07) is 2.09. The van der Waals surface area contributed by atoms with Gasteiger partial charge in [-0.3, -0.25) is 0 Å². The van der Waals surface area contributed by atoms with Gasteiger partial charge in [-0.1, -0.05) is 26.7 Å². The van der Waals surface area contributed by atoms with E-state index in [4.69, 9.17) is 10.8 Å². The second-order valence-electron chi connectivity index (χ2n) is 2.69. The lowest BCUT2D eigenvalue weighted by molar-refractivity contribution is 0.857. The molecule has 0 aromatic rings. The van der Waals surface area contributed by atoms with Crippen LogP contribution in [0.4, 0.5) is 0 Å². The molecule has 0 amide bonds. The number of nitrogens with two attached hydrogens (primary N) is 2. The maximum Gasteiger partial charge on any atom is 0.195 e. The van der Waals surface area contributed by atoms with Crippen LogP contribution in [0.2, 0.25) is 12.1 Å². The van der Waals surface area contributed by atoms with Crippen LogP contribution in [0.15, 0.2) is 0 Å². The predicted molar refractivity (Wildman–Crippen MR) is 44.3 cm³/mol. The minimum atomic E-state index is -1.70. The Hall–Kier alpha value is 0.137. The highest BCUT2D eigenvalue weighted by molar-refractivity contribution is 6.73. The van der Waals surface area contributed by atoms with Crippen molar-refractivity contribution < 1.29 is 0 Å². The Morgan fingerprint density at radius 2 is 1.78 bits per heavy atom. The molecule has 0 saturated carbocycles. The molecule has 0 heterocycles. The van der Waals surface area contributed by atoms with Crippen molar-refractivity contribution in [1.29, 1.82) is 0 Å². The van der Waals surface area contributed by atoms with E-state index in [1.54, 1.807) is 0 Å². The van der Waals surface area contributed by atoms with Gasteiger partial charge < -0.3 is 10.8 Å². The first-order chi connectivity index (χ1) is 4.12. The highest BCUT2D eigenvalue weighted by atomic mass is 28.3. The molecular formula is C6H18N2Si. The van der Waals surface area contributed by atoms with E-state index in [0.717, 1.165) is 12.1 Å². The summed E-state index contributed by atoms with van der Waals surface area (Å²) in [4.78, 5) is 0. The fourth-order valence-electron chi connectivity index (χ4n) is 0.683. The molecule has 0 aliphatic rings. The lowest BCUT2D eigenvalue weighted by Gasteiger charge is -2.17. The van der Waals surface area contributed by atoms with Gasteiger partial charge in [-0.25, -0.2) is 0 Å². The summed E-state index contributed by atoms with van der Waals surface area (Å²) in [6.45, 7) is 4.25. The van der Waals surface area contributed by atoms with Crippen molar-refractivity contribution in [2.24, 2.45) is 10.8 Å². The number of hydrogen-bond donors (Lipinski definition) is 2. The molecule has 0 unspecified atom stereocenters. The summed E-state index contributed by atoms with van der Waals surface area (Å²) >= 11 is 0. The summed E-state index contributed by atoms with van der Waals surface area (Å²) in [7, 11) is -1.70. The predicted octanol–water partition coefficient (Wildman–Crippen LogP) is 1.17. The molecule has 9 heavy (non-hydrogen) atoms. The molecule has 0 radical (unpaired) electrons. The molecule has 3 heteroatoms. The van der Waals surface area contributed by atoms with Gasteiger partial charge >= 0.3 is 0 Å². The Balaban J connectivity index is 3.33. The van der Waals surface area contributed by atoms with E-state index < -0.39 is 8.40 Å². The summed E-state index contributed by atoms with van der Waals surface area (Å²) in [5, 5.41) is 11.6. The topological polar surface area (TPSA) is 52.0 Å². The maximum absolute atomic E-state index is 5.82. The molecule has 0 saturated heterocycles. The van der Waals surface area contributed by atoms with Gasteiger partial charge in [0.15, 0.2) is 8.40 Å². The molecule has 4 N–H and O–H groups in total. The number of rotatable bonds is 4. The third-order valence-electron chi connectivity index (χ3n) is 1.65. The van der Waals surface area contributed by atoms with Gasteiger partial charge in [0.2, 0.25) is 0 Å². The highest BCUT2D eigenvalue weighted by Crippen LogP contribution is 2.05. The van der Waals surface area contributed by atoms with Crippen molar-refractivity contribution in [2.45, 2.75) is 38.8 Å². The largest absolute Gasteiger partial charge is 0.339 e. The van der Waals surface area contributed by atoms with Crippen LogP contribution < -0.4 is 10.8 Å².